The fourth-order valence-corrected chi connectivity index (χ4v) is 1.64. The predicted octanol–water partition coefficient (Wildman–Crippen LogP) is 2.59. The Bertz CT molecular complexity index is 462. The number of Topliss-reactive ketones (excluding diaryl/α,β-unsaturated/α-hetero) is 2. The normalized spacial score (nSPS) is 9.72. The Labute approximate surface area is 107 Å². The van der Waals surface area contributed by atoms with Crippen LogP contribution in [0.3, 0.4) is 0 Å². The zero-order valence-corrected chi connectivity index (χ0v) is 11.0. The molecule has 0 saturated heterocycles. The van der Waals surface area contributed by atoms with Gasteiger partial charge in [-0.1, -0.05) is 31.5 Å². The summed E-state index contributed by atoms with van der Waals surface area (Å²) in [6.07, 6.45) is 1.95. The Morgan fingerprint density at radius 1 is 1.17 bits per heavy atom. The second-order valence-corrected chi connectivity index (χ2v) is 4.09. The van der Waals surface area contributed by atoms with E-state index in [-0.39, 0.29) is 17.3 Å². The molecule has 0 atom stereocenters. The summed E-state index contributed by atoms with van der Waals surface area (Å²) in [6, 6.07) is 7.73. The molecule has 0 aliphatic heterocycles. The molecule has 0 aromatic heterocycles. The Balaban J connectivity index is 2.93. The number of benzene rings is 1. The fraction of sp³-hybridized carbons (Fsp3) is 0.357. The number of hydrazone groups is 1. The molecule has 1 rings (SSSR count). The van der Waals surface area contributed by atoms with Crippen LogP contribution in [0.4, 0.5) is 5.69 Å². The van der Waals surface area contributed by atoms with Gasteiger partial charge >= 0.3 is 0 Å². The number of carbonyl (C=O) groups is 2. The van der Waals surface area contributed by atoms with Crippen molar-refractivity contribution < 1.29 is 9.59 Å². The van der Waals surface area contributed by atoms with Crippen LogP contribution in [0.2, 0.25) is 0 Å². The molecule has 1 aromatic carbocycles. The lowest BCUT2D eigenvalue weighted by molar-refractivity contribution is -0.114. The first-order valence-electron chi connectivity index (χ1n) is 5.99. The van der Waals surface area contributed by atoms with Crippen LogP contribution in [-0.2, 0) is 16.0 Å². The van der Waals surface area contributed by atoms with Crippen LogP contribution >= 0.6 is 0 Å². The standard InChI is InChI=1S/C14H18N2O2/c1-4-7-12-8-5-6-9-13(12)15-16-14(10(2)17)11(3)18/h5-6,8-9,15H,4,7H2,1-3H3. The van der Waals surface area contributed by atoms with Gasteiger partial charge in [0.05, 0.1) is 5.69 Å². The van der Waals surface area contributed by atoms with E-state index in [1.54, 1.807) is 0 Å². The topological polar surface area (TPSA) is 58.5 Å². The van der Waals surface area contributed by atoms with Crippen molar-refractivity contribution in [1.29, 1.82) is 0 Å². The lowest BCUT2D eigenvalue weighted by Crippen LogP contribution is -2.20. The van der Waals surface area contributed by atoms with Crippen molar-refractivity contribution >= 4 is 23.0 Å². The summed E-state index contributed by atoms with van der Waals surface area (Å²) in [5.41, 5.74) is 4.71. The van der Waals surface area contributed by atoms with Gasteiger partial charge in [0.2, 0.25) is 0 Å². The third-order valence-corrected chi connectivity index (χ3v) is 2.49. The Morgan fingerprint density at radius 2 is 1.78 bits per heavy atom. The number of hydrogen-bond donors (Lipinski definition) is 1. The average molecular weight is 246 g/mol. The number of rotatable bonds is 6. The number of ketones is 2. The van der Waals surface area contributed by atoms with Gasteiger partial charge in [-0.2, -0.15) is 5.10 Å². The van der Waals surface area contributed by atoms with Crippen molar-refractivity contribution in [1.82, 2.24) is 0 Å². The zero-order valence-electron chi connectivity index (χ0n) is 11.0. The first-order valence-corrected chi connectivity index (χ1v) is 5.99. The van der Waals surface area contributed by atoms with E-state index in [0.717, 1.165) is 24.1 Å². The molecule has 4 heteroatoms. The SMILES string of the molecule is CCCc1ccccc1NN=C(C(C)=O)C(C)=O. The van der Waals surface area contributed by atoms with Crippen molar-refractivity contribution in [2.75, 3.05) is 5.43 Å². The van der Waals surface area contributed by atoms with Crippen molar-refractivity contribution in [3.8, 4) is 0 Å². The number of anilines is 1. The van der Waals surface area contributed by atoms with E-state index in [9.17, 15) is 9.59 Å². The minimum Gasteiger partial charge on any atom is -0.293 e. The minimum absolute atomic E-state index is 0.0544. The Kier molecular flexibility index (Phi) is 5.24. The quantitative estimate of drug-likeness (QED) is 0.477. The molecular weight excluding hydrogens is 228 g/mol. The van der Waals surface area contributed by atoms with E-state index < -0.39 is 0 Å². The van der Waals surface area contributed by atoms with Crippen LogP contribution < -0.4 is 5.43 Å². The van der Waals surface area contributed by atoms with Crippen molar-refractivity contribution in [3.05, 3.63) is 29.8 Å². The third-order valence-electron chi connectivity index (χ3n) is 2.49. The van der Waals surface area contributed by atoms with E-state index in [0.29, 0.717) is 0 Å². The highest BCUT2D eigenvalue weighted by Crippen LogP contribution is 2.16. The summed E-state index contributed by atoms with van der Waals surface area (Å²) in [7, 11) is 0. The average Bonchev–Trinajstić information content (AvgIpc) is 2.31. The van der Waals surface area contributed by atoms with Crippen molar-refractivity contribution in [3.63, 3.8) is 0 Å². The second kappa shape index (κ2) is 6.69. The first-order chi connectivity index (χ1) is 8.56. The molecule has 0 amide bonds. The molecule has 96 valence electrons. The van der Waals surface area contributed by atoms with Crippen LogP contribution in [0, 0.1) is 0 Å². The van der Waals surface area contributed by atoms with Gasteiger partial charge in [-0.15, -0.1) is 0 Å². The van der Waals surface area contributed by atoms with E-state index in [1.807, 2.05) is 24.3 Å². The van der Waals surface area contributed by atoms with Gasteiger partial charge in [0.1, 0.15) is 0 Å². The predicted molar refractivity (Wildman–Crippen MR) is 72.9 cm³/mol. The van der Waals surface area contributed by atoms with Gasteiger partial charge in [0.15, 0.2) is 17.3 Å². The molecule has 0 saturated carbocycles. The summed E-state index contributed by atoms with van der Waals surface area (Å²) in [5.74, 6) is -0.661. The molecule has 1 N–H and O–H groups in total. The molecule has 0 spiro atoms. The summed E-state index contributed by atoms with van der Waals surface area (Å²) >= 11 is 0. The van der Waals surface area contributed by atoms with E-state index in [1.165, 1.54) is 13.8 Å². The minimum atomic E-state index is -0.331. The summed E-state index contributed by atoms with van der Waals surface area (Å²) < 4.78 is 0. The monoisotopic (exact) mass is 246 g/mol. The van der Waals surface area contributed by atoms with Gasteiger partial charge in [0.25, 0.3) is 0 Å². The maximum Gasteiger partial charge on any atom is 0.183 e. The van der Waals surface area contributed by atoms with Crippen LogP contribution in [0.25, 0.3) is 0 Å². The first kappa shape index (κ1) is 14.1. The van der Waals surface area contributed by atoms with E-state index in [4.69, 9.17) is 0 Å². The lowest BCUT2D eigenvalue weighted by atomic mass is 10.1. The second-order valence-electron chi connectivity index (χ2n) is 4.09. The molecule has 0 heterocycles. The highest BCUT2D eigenvalue weighted by molar-refractivity contribution is 6.65. The number of carbonyl (C=O) groups excluding carboxylic acids is 2. The number of aryl methyl sites for hydroxylation is 1. The van der Waals surface area contributed by atoms with Crippen molar-refractivity contribution in [2.45, 2.75) is 33.6 Å². The Morgan fingerprint density at radius 3 is 2.33 bits per heavy atom. The number of para-hydroxylation sites is 1. The summed E-state index contributed by atoms with van der Waals surface area (Å²) in [4.78, 5) is 22.5. The third kappa shape index (κ3) is 3.80. The number of nitrogens with zero attached hydrogens (tertiary/aromatic N) is 1. The largest absolute Gasteiger partial charge is 0.293 e. The maximum atomic E-state index is 11.2. The molecule has 0 radical (unpaired) electrons. The molecule has 1 aromatic rings. The van der Waals surface area contributed by atoms with E-state index in [2.05, 4.69) is 17.5 Å². The molecule has 0 aliphatic rings. The molecule has 0 bridgehead atoms. The fourth-order valence-electron chi connectivity index (χ4n) is 1.64. The molecule has 18 heavy (non-hydrogen) atoms. The summed E-state index contributed by atoms with van der Waals surface area (Å²) in [6.45, 7) is 4.76. The van der Waals surface area contributed by atoms with Crippen LogP contribution in [0.1, 0.15) is 32.8 Å². The molecular formula is C14H18N2O2. The Hall–Kier alpha value is -1.97. The van der Waals surface area contributed by atoms with Crippen LogP contribution in [0.5, 0.6) is 0 Å². The molecule has 0 aliphatic carbocycles. The zero-order chi connectivity index (χ0) is 13.5. The smallest absolute Gasteiger partial charge is 0.183 e. The van der Waals surface area contributed by atoms with Gasteiger partial charge < -0.3 is 0 Å². The van der Waals surface area contributed by atoms with Crippen LogP contribution in [-0.4, -0.2) is 17.3 Å². The number of hydrogen-bond acceptors (Lipinski definition) is 4. The van der Waals surface area contributed by atoms with Gasteiger partial charge in [-0.05, 0) is 18.1 Å². The molecule has 4 nitrogen and oxygen atoms in total. The molecule has 0 unspecified atom stereocenters. The number of nitrogens with one attached hydrogen (secondary N) is 1. The van der Waals surface area contributed by atoms with Crippen molar-refractivity contribution in [2.24, 2.45) is 5.10 Å². The maximum absolute atomic E-state index is 11.2. The highest BCUT2D eigenvalue weighted by Gasteiger charge is 2.11. The highest BCUT2D eigenvalue weighted by atomic mass is 16.1. The van der Waals surface area contributed by atoms with Gasteiger partial charge in [-0.25, -0.2) is 0 Å². The van der Waals surface area contributed by atoms with Gasteiger partial charge in [-0.3, -0.25) is 15.0 Å². The van der Waals surface area contributed by atoms with Gasteiger partial charge in [0, 0.05) is 13.8 Å². The summed E-state index contributed by atoms with van der Waals surface area (Å²) in [5, 5.41) is 3.90. The molecule has 0 fully saturated rings. The van der Waals surface area contributed by atoms with Crippen LogP contribution in [0.15, 0.2) is 29.4 Å². The van der Waals surface area contributed by atoms with E-state index >= 15 is 0 Å². The lowest BCUT2D eigenvalue weighted by Gasteiger charge is -2.08.